The highest BCUT2D eigenvalue weighted by molar-refractivity contribution is 7.44. The van der Waals surface area contributed by atoms with Crippen molar-refractivity contribution in [1.29, 1.82) is 0 Å². The van der Waals surface area contributed by atoms with Gasteiger partial charge in [0, 0.05) is 0 Å². The number of benzene rings is 2. The zero-order valence-electron chi connectivity index (χ0n) is 9.86. The Morgan fingerprint density at radius 2 is 1.11 bits per heavy atom. The van der Waals surface area contributed by atoms with Crippen LogP contribution in [0.3, 0.4) is 0 Å². The highest BCUT2D eigenvalue weighted by atomic mass is 31.1. The molecule has 0 aliphatic heterocycles. The van der Waals surface area contributed by atoms with Gasteiger partial charge in [-0.3, -0.25) is 4.57 Å². The molecule has 2 aromatic carbocycles. The Hall–Kier alpha value is -1.86. The van der Waals surface area contributed by atoms with Crippen molar-refractivity contribution < 1.29 is 14.0 Å². The second-order valence-electron chi connectivity index (χ2n) is 3.65. The van der Waals surface area contributed by atoms with Crippen molar-refractivity contribution in [3.05, 3.63) is 60.7 Å². The van der Waals surface area contributed by atoms with Crippen LogP contribution in [0.15, 0.2) is 60.7 Å². The Labute approximate surface area is 107 Å². The van der Waals surface area contributed by atoms with Crippen LogP contribution in [0.25, 0.3) is 0 Å². The summed E-state index contributed by atoms with van der Waals surface area (Å²) < 4.78 is 22.5. The Bertz CT molecular complexity index is 439. The lowest BCUT2D eigenvalue weighted by molar-refractivity contribution is 0.352. The molecule has 3 nitrogen and oxygen atoms in total. The van der Waals surface area contributed by atoms with Gasteiger partial charge in [-0.1, -0.05) is 36.4 Å². The molecule has 0 saturated heterocycles. The van der Waals surface area contributed by atoms with Crippen LogP contribution < -0.4 is 9.47 Å². The summed E-state index contributed by atoms with van der Waals surface area (Å²) >= 11 is 0. The van der Waals surface area contributed by atoms with E-state index in [1.807, 2.05) is 60.7 Å². The molecule has 4 heteroatoms. The second-order valence-corrected chi connectivity index (χ2v) is 5.13. The van der Waals surface area contributed by atoms with Crippen molar-refractivity contribution in [2.75, 3.05) is 12.7 Å². The van der Waals surface area contributed by atoms with Crippen LogP contribution in [0.1, 0.15) is 0 Å². The van der Waals surface area contributed by atoms with Gasteiger partial charge < -0.3 is 9.47 Å². The number of rotatable bonds is 6. The fraction of sp³-hybridized carbons (Fsp3) is 0.143. The number of hydrogen-bond acceptors (Lipinski definition) is 3. The van der Waals surface area contributed by atoms with E-state index < -0.39 is 7.80 Å². The minimum atomic E-state index is -1.52. The van der Waals surface area contributed by atoms with Crippen LogP contribution in [-0.4, -0.2) is 12.7 Å². The van der Waals surface area contributed by atoms with Crippen LogP contribution in [0.4, 0.5) is 0 Å². The van der Waals surface area contributed by atoms with E-state index in [0.717, 1.165) is 11.5 Å². The molecule has 0 N–H and O–H groups in total. The van der Waals surface area contributed by atoms with E-state index >= 15 is 0 Å². The van der Waals surface area contributed by atoms with Gasteiger partial charge in [-0.15, -0.1) is 0 Å². The Kier molecular flexibility index (Phi) is 4.74. The van der Waals surface area contributed by atoms with Gasteiger partial charge in [0.1, 0.15) is 19.3 Å². The molecule has 0 spiro atoms. The third kappa shape index (κ3) is 4.19. The zero-order valence-corrected chi connectivity index (χ0v) is 10.8. The second kappa shape index (κ2) is 6.77. The van der Waals surface area contributed by atoms with Crippen LogP contribution in [0.2, 0.25) is 0 Å². The summed E-state index contributed by atoms with van der Waals surface area (Å²) in [4.78, 5) is 0. The van der Waals surface area contributed by atoms with Gasteiger partial charge in [0.25, 0.3) is 0 Å². The van der Waals surface area contributed by atoms with E-state index in [0.29, 0.717) is 0 Å². The van der Waals surface area contributed by atoms with E-state index in [1.165, 1.54) is 0 Å². The smallest absolute Gasteiger partial charge is 0.161 e. The summed E-state index contributed by atoms with van der Waals surface area (Å²) in [6, 6.07) is 18.7. The number of ether oxygens (including phenoxy) is 2. The van der Waals surface area contributed by atoms with Crippen molar-refractivity contribution in [1.82, 2.24) is 0 Å². The largest absolute Gasteiger partial charge is 0.482 e. The average molecular weight is 261 g/mol. The molecule has 0 bridgehead atoms. The monoisotopic (exact) mass is 261 g/mol. The van der Waals surface area contributed by atoms with Crippen molar-refractivity contribution in [3.8, 4) is 11.5 Å². The molecule has 0 amide bonds. The van der Waals surface area contributed by atoms with Crippen molar-refractivity contribution >= 4 is 7.80 Å². The summed E-state index contributed by atoms with van der Waals surface area (Å²) in [6.45, 7) is 0. The summed E-state index contributed by atoms with van der Waals surface area (Å²) in [7, 11) is -1.52. The lowest BCUT2D eigenvalue weighted by atomic mass is 10.3. The molecule has 93 valence electrons. The molecule has 0 aromatic heterocycles. The van der Waals surface area contributed by atoms with Crippen LogP contribution >= 0.6 is 7.80 Å². The Morgan fingerprint density at radius 3 is 1.50 bits per heavy atom. The fourth-order valence-corrected chi connectivity index (χ4v) is 2.02. The van der Waals surface area contributed by atoms with Crippen molar-refractivity contribution in [2.45, 2.75) is 0 Å². The van der Waals surface area contributed by atoms with Crippen LogP contribution in [0.5, 0.6) is 11.5 Å². The molecule has 0 heterocycles. The van der Waals surface area contributed by atoms with E-state index in [1.54, 1.807) is 0 Å². The maximum Gasteiger partial charge on any atom is 0.161 e. The first-order valence-corrected chi connectivity index (χ1v) is 7.25. The molecule has 0 aliphatic carbocycles. The highest BCUT2D eigenvalue weighted by Crippen LogP contribution is 2.23. The maximum atomic E-state index is 11.7. The molecule has 0 atom stereocenters. The molecule has 0 saturated carbocycles. The molecule has 0 aliphatic rings. The van der Waals surface area contributed by atoms with Gasteiger partial charge in [0.15, 0.2) is 12.7 Å². The van der Waals surface area contributed by atoms with Gasteiger partial charge in [-0.2, -0.15) is 0 Å². The van der Waals surface area contributed by atoms with E-state index in [9.17, 15) is 4.57 Å². The lowest BCUT2D eigenvalue weighted by Crippen LogP contribution is -1.98. The third-order valence-corrected chi connectivity index (χ3v) is 3.07. The first-order chi connectivity index (χ1) is 8.84. The maximum absolute atomic E-state index is 11.7. The molecule has 1 radical (unpaired) electrons. The zero-order chi connectivity index (χ0) is 12.6. The van der Waals surface area contributed by atoms with Crippen molar-refractivity contribution in [2.24, 2.45) is 0 Å². The average Bonchev–Trinajstić information content (AvgIpc) is 2.45. The topological polar surface area (TPSA) is 35.5 Å². The lowest BCUT2D eigenvalue weighted by Gasteiger charge is -2.07. The fourth-order valence-electron chi connectivity index (χ4n) is 1.36. The summed E-state index contributed by atoms with van der Waals surface area (Å²) in [5, 5.41) is 0. The molecule has 18 heavy (non-hydrogen) atoms. The predicted octanol–water partition coefficient (Wildman–Crippen LogP) is 3.89. The van der Waals surface area contributed by atoms with Gasteiger partial charge in [-0.05, 0) is 24.3 Å². The molecule has 0 fully saturated rings. The normalized spacial score (nSPS) is 9.78. The summed E-state index contributed by atoms with van der Waals surface area (Å²) in [5.74, 6) is 1.45. The standard InChI is InChI=1S/C14H14O3P/c15-18(11-16-13-7-3-1-4-8-13)12-17-14-9-5-2-6-10-14/h1-10H,11-12H2. The molecular formula is C14H14O3P. The number of hydrogen-bond donors (Lipinski definition) is 0. The third-order valence-electron chi connectivity index (χ3n) is 2.24. The minimum Gasteiger partial charge on any atom is -0.482 e. The van der Waals surface area contributed by atoms with Crippen LogP contribution in [0, 0.1) is 0 Å². The Morgan fingerprint density at radius 1 is 0.722 bits per heavy atom. The first kappa shape index (κ1) is 12.6. The van der Waals surface area contributed by atoms with Crippen molar-refractivity contribution in [3.63, 3.8) is 0 Å². The highest BCUT2D eigenvalue weighted by Gasteiger charge is 2.03. The van der Waals surface area contributed by atoms with Crippen LogP contribution in [-0.2, 0) is 4.57 Å². The van der Waals surface area contributed by atoms with E-state index in [4.69, 9.17) is 9.47 Å². The van der Waals surface area contributed by atoms with Gasteiger partial charge in [0.2, 0.25) is 0 Å². The van der Waals surface area contributed by atoms with E-state index in [-0.39, 0.29) is 12.7 Å². The molecular weight excluding hydrogens is 247 g/mol. The van der Waals surface area contributed by atoms with Gasteiger partial charge in [0.05, 0.1) is 0 Å². The summed E-state index contributed by atoms with van der Waals surface area (Å²) in [6.07, 6.45) is 0.346. The molecule has 0 unspecified atom stereocenters. The molecule has 2 rings (SSSR count). The quantitative estimate of drug-likeness (QED) is 0.740. The SMILES string of the molecule is O=[P](COc1ccccc1)COc1ccccc1. The van der Waals surface area contributed by atoms with Gasteiger partial charge >= 0.3 is 0 Å². The van der Waals surface area contributed by atoms with E-state index in [2.05, 4.69) is 0 Å². The Balaban J connectivity index is 1.73. The van der Waals surface area contributed by atoms with Gasteiger partial charge in [-0.25, -0.2) is 0 Å². The number of para-hydroxylation sites is 2. The first-order valence-electron chi connectivity index (χ1n) is 5.62. The predicted molar refractivity (Wildman–Crippen MR) is 71.5 cm³/mol. The molecule has 2 aromatic rings. The minimum absolute atomic E-state index is 0.173. The summed E-state index contributed by atoms with van der Waals surface area (Å²) in [5.41, 5.74) is 0.